The summed E-state index contributed by atoms with van der Waals surface area (Å²) in [6.07, 6.45) is 1.71. The van der Waals surface area contributed by atoms with E-state index in [9.17, 15) is 14.4 Å². The maximum absolute atomic E-state index is 13.3. The lowest BCUT2D eigenvalue weighted by Crippen LogP contribution is -2.56. The van der Waals surface area contributed by atoms with Crippen molar-refractivity contribution in [1.29, 1.82) is 0 Å². The molecule has 4 N–H and O–H groups in total. The number of aromatic nitrogens is 1. The van der Waals surface area contributed by atoms with Crippen LogP contribution in [-0.4, -0.2) is 46.2 Å². The molecule has 190 valence electrons. The van der Waals surface area contributed by atoms with Crippen molar-refractivity contribution < 1.29 is 19.1 Å². The third-order valence-corrected chi connectivity index (χ3v) is 5.74. The Morgan fingerprint density at radius 1 is 1.11 bits per heavy atom. The lowest BCUT2D eigenvalue weighted by atomic mass is 10.1. The van der Waals surface area contributed by atoms with Crippen LogP contribution in [0.15, 0.2) is 71.9 Å². The van der Waals surface area contributed by atoms with Crippen LogP contribution in [-0.2, 0) is 16.1 Å². The lowest BCUT2D eigenvalue weighted by molar-refractivity contribution is -0.133. The van der Waals surface area contributed by atoms with Crippen molar-refractivity contribution in [3.8, 4) is 11.5 Å². The molecule has 1 aromatic heterocycles. The predicted molar refractivity (Wildman–Crippen MR) is 139 cm³/mol. The van der Waals surface area contributed by atoms with E-state index in [2.05, 4.69) is 20.6 Å². The quantitative estimate of drug-likeness (QED) is 0.416. The summed E-state index contributed by atoms with van der Waals surface area (Å²) in [4.78, 5) is 46.5. The molecule has 2 aromatic carbocycles. The molecule has 0 saturated heterocycles. The molecular formula is C26H25ClN6O4. The minimum Gasteiger partial charge on any atom is -0.457 e. The SMILES string of the molecule is CCC(=O)NC1CN=C(Nc2ccc(Oc3ccnc(C(N)=O)c3)cc2)N(Cc2ccc(Cl)cc2)C1=O. The van der Waals surface area contributed by atoms with Crippen LogP contribution >= 0.6 is 11.6 Å². The zero-order chi connectivity index (χ0) is 26.4. The molecule has 0 saturated carbocycles. The van der Waals surface area contributed by atoms with Gasteiger partial charge in [-0.1, -0.05) is 30.7 Å². The first-order valence-corrected chi connectivity index (χ1v) is 11.9. The van der Waals surface area contributed by atoms with Crippen molar-refractivity contribution in [1.82, 2.24) is 15.2 Å². The van der Waals surface area contributed by atoms with Gasteiger partial charge in [-0.3, -0.25) is 24.3 Å². The van der Waals surface area contributed by atoms with Gasteiger partial charge in [-0.15, -0.1) is 0 Å². The van der Waals surface area contributed by atoms with E-state index in [4.69, 9.17) is 22.1 Å². The summed E-state index contributed by atoms with van der Waals surface area (Å²) >= 11 is 6.00. The van der Waals surface area contributed by atoms with Gasteiger partial charge in [0.2, 0.25) is 11.9 Å². The average molecular weight is 521 g/mol. The number of carbonyl (C=O) groups is 3. The number of ether oxygens (including phenoxy) is 1. The first-order chi connectivity index (χ1) is 17.8. The third-order valence-electron chi connectivity index (χ3n) is 5.48. The molecule has 0 fully saturated rings. The predicted octanol–water partition coefficient (Wildman–Crippen LogP) is 3.33. The van der Waals surface area contributed by atoms with Crippen LogP contribution in [0.2, 0.25) is 5.02 Å². The van der Waals surface area contributed by atoms with Gasteiger partial charge in [-0.05, 0) is 48.0 Å². The van der Waals surface area contributed by atoms with Crippen LogP contribution in [0, 0.1) is 0 Å². The summed E-state index contributed by atoms with van der Waals surface area (Å²) in [5.41, 5.74) is 6.89. The van der Waals surface area contributed by atoms with E-state index in [-0.39, 0.29) is 37.0 Å². The fraction of sp³-hybridized carbons (Fsp3) is 0.192. The van der Waals surface area contributed by atoms with Crippen molar-refractivity contribution in [2.75, 3.05) is 11.9 Å². The zero-order valence-corrected chi connectivity index (χ0v) is 20.7. The number of hydrogen-bond donors (Lipinski definition) is 3. The number of benzene rings is 2. The van der Waals surface area contributed by atoms with Gasteiger partial charge in [-0.25, -0.2) is 4.99 Å². The third kappa shape index (κ3) is 6.62. The molecule has 1 atom stereocenters. The van der Waals surface area contributed by atoms with Gasteiger partial charge in [0, 0.05) is 29.4 Å². The summed E-state index contributed by atoms with van der Waals surface area (Å²) in [5.74, 6) is 0.167. The van der Waals surface area contributed by atoms with Crippen molar-refractivity contribution in [3.05, 3.63) is 83.1 Å². The Hall–Kier alpha value is -4.44. The minimum absolute atomic E-state index is 0.102. The number of nitrogens with one attached hydrogen (secondary N) is 2. The van der Waals surface area contributed by atoms with Gasteiger partial charge in [0.1, 0.15) is 23.2 Å². The highest BCUT2D eigenvalue weighted by Crippen LogP contribution is 2.24. The monoisotopic (exact) mass is 520 g/mol. The van der Waals surface area contributed by atoms with E-state index in [1.807, 2.05) is 12.1 Å². The Kier molecular flexibility index (Phi) is 7.99. The maximum atomic E-state index is 13.3. The van der Waals surface area contributed by atoms with Crippen LogP contribution in [0.1, 0.15) is 29.4 Å². The van der Waals surface area contributed by atoms with E-state index >= 15 is 0 Å². The summed E-state index contributed by atoms with van der Waals surface area (Å²) in [6.45, 7) is 2.09. The number of nitrogens with two attached hydrogens (primary N) is 1. The van der Waals surface area contributed by atoms with E-state index in [1.165, 1.54) is 17.2 Å². The van der Waals surface area contributed by atoms with Crippen LogP contribution < -0.4 is 21.1 Å². The normalized spacial score (nSPS) is 15.1. The number of nitrogens with zero attached hydrogens (tertiary/aromatic N) is 3. The number of carbonyl (C=O) groups excluding carboxylic acids is 3. The maximum Gasteiger partial charge on any atom is 0.267 e. The van der Waals surface area contributed by atoms with Crippen molar-refractivity contribution >= 4 is 41.0 Å². The first-order valence-electron chi connectivity index (χ1n) is 11.5. The second-order valence-electron chi connectivity index (χ2n) is 8.18. The van der Waals surface area contributed by atoms with Crippen LogP contribution in [0.3, 0.4) is 0 Å². The fourth-order valence-electron chi connectivity index (χ4n) is 3.55. The summed E-state index contributed by atoms with van der Waals surface area (Å²) < 4.78 is 5.78. The highest BCUT2D eigenvalue weighted by molar-refractivity contribution is 6.30. The highest BCUT2D eigenvalue weighted by Gasteiger charge is 2.33. The molecule has 4 rings (SSSR count). The Balaban J connectivity index is 1.50. The van der Waals surface area contributed by atoms with Gasteiger partial charge >= 0.3 is 0 Å². The molecule has 0 radical (unpaired) electrons. The largest absolute Gasteiger partial charge is 0.457 e. The molecular weight excluding hydrogens is 496 g/mol. The molecule has 37 heavy (non-hydrogen) atoms. The van der Waals surface area contributed by atoms with Crippen LogP contribution in [0.25, 0.3) is 0 Å². The second-order valence-corrected chi connectivity index (χ2v) is 8.62. The number of anilines is 1. The molecule has 0 bridgehead atoms. The van der Waals surface area contributed by atoms with Gasteiger partial charge in [0.15, 0.2) is 0 Å². The molecule has 3 amide bonds. The van der Waals surface area contributed by atoms with Crippen molar-refractivity contribution in [3.63, 3.8) is 0 Å². The van der Waals surface area contributed by atoms with E-state index in [0.29, 0.717) is 28.2 Å². The Bertz CT molecular complexity index is 1330. The first kappa shape index (κ1) is 25.6. The van der Waals surface area contributed by atoms with Gasteiger partial charge in [-0.2, -0.15) is 0 Å². The number of primary amides is 1. The fourth-order valence-corrected chi connectivity index (χ4v) is 3.68. The van der Waals surface area contributed by atoms with Crippen molar-refractivity contribution in [2.24, 2.45) is 10.7 Å². The van der Waals surface area contributed by atoms with E-state index in [1.54, 1.807) is 49.4 Å². The van der Waals surface area contributed by atoms with Crippen LogP contribution in [0.4, 0.5) is 5.69 Å². The molecule has 1 aliphatic rings. The highest BCUT2D eigenvalue weighted by atomic mass is 35.5. The topological polar surface area (TPSA) is 139 Å². The molecule has 10 nitrogen and oxygen atoms in total. The summed E-state index contributed by atoms with van der Waals surface area (Å²) in [6, 6.07) is 16.5. The number of aliphatic imine (C=N–C) groups is 1. The molecule has 1 aliphatic heterocycles. The number of pyridine rings is 1. The number of halogens is 1. The Labute approximate surface area is 218 Å². The minimum atomic E-state index is -0.744. The summed E-state index contributed by atoms with van der Waals surface area (Å²) in [5, 5.41) is 6.51. The Morgan fingerprint density at radius 3 is 2.51 bits per heavy atom. The van der Waals surface area contributed by atoms with E-state index < -0.39 is 11.9 Å². The average Bonchev–Trinajstić information content (AvgIpc) is 2.90. The molecule has 11 heteroatoms. The lowest BCUT2D eigenvalue weighted by Gasteiger charge is -2.32. The number of rotatable bonds is 8. The van der Waals surface area contributed by atoms with Crippen molar-refractivity contribution in [2.45, 2.75) is 25.9 Å². The Morgan fingerprint density at radius 2 is 1.84 bits per heavy atom. The second kappa shape index (κ2) is 11.5. The van der Waals surface area contributed by atoms with E-state index in [0.717, 1.165) is 5.56 Å². The molecule has 1 unspecified atom stereocenters. The molecule has 0 aliphatic carbocycles. The number of hydrogen-bond acceptors (Lipinski definition) is 7. The van der Waals surface area contributed by atoms with Gasteiger partial charge in [0.05, 0.1) is 13.1 Å². The number of guanidine groups is 1. The smallest absolute Gasteiger partial charge is 0.267 e. The van der Waals surface area contributed by atoms with Gasteiger partial charge in [0.25, 0.3) is 11.8 Å². The molecule has 2 heterocycles. The summed E-state index contributed by atoms with van der Waals surface area (Å²) in [7, 11) is 0. The molecule has 3 aromatic rings. The standard InChI is InChI=1S/C26H25ClN6O4/c1-2-23(34)32-22-14-30-26(33(25(22)36)15-16-3-5-17(27)6-4-16)31-18-7-9-19(10-8-18)37-20-11-12-29-21(13-20)24(28)35/h3-13,22H,2,14-15H2,1H3,(H2,28,35)(H,30,31)(H,32,34). The van der Waals surface area contributed by atoms with Crippen LogP contribution in [0.5, 0.6) is 11.5 Å². The number of amides is 3. The zero-order valence-electron chi connectivity index (χ0n) is 20.0. The van der Waals surface area contributed by atoms with Gasteiger partial charge < -0.3 is 21.1 Å². The molecule has 0 spiro atoms.